The van der Waals surface area contributed by atoms with E-state index in [4.69, 9.17) is 4.74 Å². The molecular weight excluding hydrogens is 504 g/mol. The van der Waals surface area contributed by atoms with Gasteiger partial charge in [-0.15, -0.1) is 0 Å². The Morgan fingerprint density at radius 3 is 2.46 bits per heavy atom. The van der Waals surface area contributed by atoms with E-state index >= 15 is 8.78 Å². The van der Waals surface area contributed by atoms with Crippen LogP contribution in [0.25, 0.3) is 0 Å². The highest BCUT2D eigenvalue weighted by Crippen LogP contribution is 2.37. The molecule has 1 aromatic heterocycles. The lowest BCUT2D eigenvalue weighted by atomic mass is 9.99. The number of ether oxygens (including phenoxy) is 1. The van der Waals surface area contributed by atoms with E-state index in [1.807, 2.05) is 13.0 Å². The molecular formula is C29H23F2N5O3. The van der Waals surface area contributed by atoms with Crippen molar-refractivity contribution in [1.29, 1.82) is 5.26 Å². The first-order chi connectivity index (χ1) is 18.7. The van der Waals surface area contributed by atoms with Crippen LogP contribution in [0.1, 0.15) is 44.5 Å². The van der Waals surface area contributed by atoms with E-state index in [1.54, 1.807) is 18.2 Å². The molecule has 0 saturated carbocycles. The van der Waals surface area contributed by atoms with Gasteiger partial charge in [0, 0.05) is 22.4 Å². The van der Waals surface area contributed by atoms with Crippen molar-refractivity contribution >= 4 is 23.2 Å². The summed E-state index contributed by atoms with van der Waals surface area (Å²) < 4.78 is 36.7. The summed E-state index contributed by atoms with van der Waals surface area (Å²) in [4.78, 5) is 28.1. The Bertz CT molecular complexity index is 1590. The van der Waals surface area contributed by atoms with Crippen LogP contribution in [0.2, 0.25) is 0 Å². The minimum absolute atomic E-state index is 0.122. The number of halogens is 2. The number of carbonyl (C=O) groups excluding carboxylic acids is 2. The standard InChI is InChI=1S/C29H23F2N5O3/c1-18-17-35-26(24(16-33-35)34-27(37)19-8-13-25(39-2)20(14-19)15-32)28(38)36(18)23-11-9-22(10-12-23)29(30,31)21-6-4-3-5-7-21/h3-14,16,18H,17H2,1-2H3,(H,34,37). The van der Waals surface area contributed by atoms with Crippen molar-refractivity contribution in [2.24, 2.45) is 0 Å². The Morgan fingerprint density at radius 1 is 1.10 bits per heavy atom. The molecule has 10 heteroatoms. The average Bonchev–Trinajstić information content (AvgIpc) is 3.35. The van der Waals surface area contributed by atoms with Crippen LogP contribution >= 0.6 is 0 Å². The minimum Gasteiger partial charge on any atom is -0.495 e. The molecule has 0 saturated heterocycles. The number of hydrogen-bond acceptors (Lipinski definition) is 5. The SMILES string of the molecule is COc1ccc(C(=O)Nc2cnn3c2C(=O)N(c2ccc(C(F)(F)c4ccccc4)cc2)C(C)C3)cc1C#N. The number of nitrogens with one attached hydrogen (secondary N) is 1. The van der Waals surface area contributed by atoms with Crippen LogP contribution in [0.3, 0.4) is 0 Å². The quantitative estimate of drug-likeness (QED) is 0.371. The monoisotopic (exact) mass is 527 g/mol. The van der Waals surface area contributed by atoms with Gasteiger partial charge in [0.05, 0.1) is 37.1 Å². The van der Waals surface area contributed by atoms with Gasteiger partial charge in [0.15, 0.2) is 0 Å². The molecule has 2 heterocycles. The lowest BCUT2D eigenvalue weighted by Gasteiger charge is -2.34. The number of benzene rings is 3. The molecule has 4 aromatic rings. The smallest absolute Gasteiger partial charge is 0.298 e. The summed E-state index contributed by atoms with van der Waals surface area (Å²) in [6.45, 7) is 2.16. The predicted molar refractivity (Wildman–Crippen MR) is 140 cm³/mol. The number of anilines is 2. The summed E-state index contributed by atoms with van der Waals surface area (Å²) in [5, 5.41) is 16.3. The van der Waals surface area contributed by atoms with Crippen molar-refractivity contribution in [1.82, 2.24) is 9.78 Å². The largest absolute Gasteiger partial charge is 0.495 e. The second kappa shape index (κ2) is 10.0. The maximum Gasteiger partial charge on any atom is 0.298 e. The number of nitrogens with zero attached hydrogens (tertiary/aromatic N) is 4. The molecule has 0 fully saturated rings. The topological polar surface area (TPSA) is 100 Å². The summed E-state index contributed by atoms with van der Waals surface area (Å²) in [5.41, 5.74) is 0.888. The Hall–Kier alpha value is -5.04. The van der Waals surface area contributed by atoms with Crippen molar-refractivity contribution in [2.45, 2.75) is 25.4 Å². The fourth-order valence-electron chi connectivity index (χ4n) is 4.64. The zero-order chi connectivity index (χ0) is 27.7. The van der Waals surface area contributed by atoms with Crippen LogP contribution in [-0.2, 0) is 12.5 Å². The Morgan fingerprint density at radius 2 is 1.79 bits per heavy atom. The van der Waals surface area contributed by atoms with Gasteiger partial charge in [-0.1, -0.05) is 42.5 Å². The molecule has 5 rings (SSSR count). The molecule has 1 aliphatic rings. The summed E-state index contributed by atoms with van der Waals surface area (Å²) in [7, 11) is 1.43. The number of rotatable bonds is 6. The van der Waals surface area contributed by atoms with E-state index in [0.29, 0.717) is 18.0 Å². The van der Waals surface area contributed by atoms with Crippen LogP contribution in [0.15, 0.2) is 79.0 Å². The van der Waals surface area contributed by atoms with Gasteiger partial charge < -0.3 is 15.0 Å². The molecule has 1 atom stereocenters. The lowest BCUT2D eigenvalue weighted by Crippen LogP contribution is -2.47. The number of carbonyl (C=O) groups is 2. The van der Waals surface area contributed by atoms with Gasteiger partial charge in [0.1, 0.15) is 17.5 Å². The van der Waals surface area contributed by atoms with Gasteiger partial charge in [-0.25, -0.2) is 0 Å². The molecule has 1 N–H and O–H groups in total. The summed E-state index contributed by atoms with van der Waals surface area (Å²) >= 11 is 0. The van der Waals surface area contributed by atoms with Crippen LogP contribution in [0, 0.1) is 11.3 Å². The number of amides is 2. The van der Waals surface area contributed by atoms with Crippen molar-refractivity contribution in [3.63, 3.8) is 0 Å². The van der Waals surface area contributed by atoms with Crippen molar-refractivity contribution in [3.05, 3.63) is 107 Å². The number of hydrogen-bond donors (Lipinski definition) is 1. The number of alkyl halides is 2. The molecule has 8 nitrogen and oxygen atoms in total. The van der Waals surface area contributed by atoms with Crippen molar-refractivity contribution < 1.29 is 23.1 Å². The third-order valence-electron chi connectivity index (χ3n) is 6.61. The summed E-state index contributed by atoms with van der Waals surface area (Å²) in [6, 6.07) is 19.2. The first kappa shape index (κ1) is 25.6. The van der Waals surface area contributed by atoms with Gasteiger partial charge in [-0.3, -0.25) is 14.3 Å². The number of fused-ring (bicyclic) bond motifs is 1. The van der Waals surface area contributed by atoms with E-state index in [1.165, 1.54) is 77.5 Å². The van der Waals surface area contributed by atoms with Gasteiger partial charge in [0.25, 0.3) is 17.7 Å². The normalized spacial score (nSPS) is 14.9. The second-order valence-corrected chi connectivity index (χ2v) is 9.08. The minimum atomic E-state index is -3.19. The highest BCUT2D eigenvalue weighted by atomic mass is 19.3. The first-order valence-electron chi connectivity index (χ1n) is 12.1. The van der Waals surface area contributed by atoms with Crippen LogP contribution < -0.4 is 15.0 Å². The van der Waals surface area contributed by atoms with Crippen LogP contribution in [-0.4, -0.2) is 34.7 Å². The van der Waals surface area contributed by atoms with Gasteiger partial charge >= 0.3 is 0 Å². The molecule has 0 spiro atoms. The van der Waals surface area contributed by atoms with Crippen LogP contribution in [0.5, 0.6) is 5.75 Å². The van der Waals surface area contributed by atoms with E-state index in [2.05, 4.69) is 10.4 Å². The highest BCUT2D eigenvalue weighted by molar-refractivity contribution is 6.13. The Kier molecular flexibility index (Phi) is 6.58. The number of methoxy groups -OCH3 is 1. The van der Waals surface area contributed by atoms with Crippen molar-refractivity contribution in [2.75, 3.05) is 17.3 Å². The summed E-state index contributed by atoms with van der Waals surface area (Å²) in [6.07, 6.45) is 1.39. The molecule has 196 valence electrons. The maximum atomic E-state index is 15.0. The molecule has 0 radical (unpaired) electrons. The molecule has 39 heavy (non-hydrogen) atoms. The van der Waals surface area contributed by atoms with E-state index in [9.17, 15) is 14.9 Å². The Labute approximate surface area is 223 Å². The zero-order valence-corrected chi connectivity index (χ0v) is 21.1. The maximum absolute atomic E-state index is 15.0. The molecule has 0 aliphatic carbocycles. The second-order valence-electron chi connectivity index (χ2n) is 9.08. The van der Waals surface area contributed by atoms with E-state index in [-0.39, 0.29) is 39.7 Å². The summed E-state index contributed by atoms with van der Waals surface area (Å²) in [5.74, 6) is -3.82. The van der Waals surface area contributed by atoms with Gasteiger partial charge in [0.2, 0.25) is 0 Å². The lowest BCUT2D eigenvalue weighted by molar-refractivity contribution is 0.0428. The fraction of sp³-hybridized carbons (Fsp3) is 0.172. The van der Waals surface area contributed by atoms with Crippen molar-refractivity contribution in [3.8, 4) is 11.8 Å². The van der Waals surface area contributed by atoms with E-state index < -0.39 is 17.7 Å². The molecule has 0 bridgehead atoms. The first-order valence-corrected chi connectivity index (χ1v) is 12.1. The van der Waals surface area contributed by atoms with E-state index in [0.717, 1.165) is 0 Å². The zero-order valence-electron chi connectivity index (χ0n) is 21.1. The number of nitriles is 1. The highest BCUT2D eigenvalue weighted by Gasteiger charge is 2.37. The fourth-order valence-corrected chi connectivity index (χ4v) is 4.64. The number of aromatic nitrogens is 2. The van der Waals surface area contributed by atoms with Gasteiger partial charge in [-0.05, 0) is 37.3 Å². The predicted octanol–water partition coefficient (Wildman–Crippen LogP) is 5.20. The molecule has 3 aromatic carbocycles. The third-order valence-corrected chi connectivity index (χ3v) is 6.61. The third kappa shape index (κ3) is 4.59. The van der Waals surface area contributed by atoms with Gasteiger partial charge in [-0.2, -0.15) is 19.1 Å². The molecule has 2 amide bonds. The molecule has 1 unspecified atom stereocenters. The average molecular weight is 528 g/mol. The molecule has 1 aliphatic heterocycles. The van der Waals surface area contributed by atoms with Crippen LogP contribution in [0.4, 0.5) is 20.2 Å². The Balaban J connectivity index is 1.40.